The van der Waals surface area contributed by atoms with E-state index in [0.717, 1.165) is 5.69 Å². The molecule has 0 aliphatic heterocycles. The van der Waals surface area contributed by atoms with E-state index in [1.54, 1.807) is 35.3 Å². The molecule has 0 fully saturated rings. The van der Waals surface area contributed by atoms with Gasteiger partial charge < -0.3 is 5.11 Å². The molecule has 0 aliphatic rings. The maximum atomic E-state index is 11.6. The van der Waals surface area contributed by atoms with Gasteiger partial charge in [0.2, 0.25) is 0 Å². The predicted molar refractivity (Wildman–Crippen MR) is 62.6 cm³/mol. The Hall–Kier alpha value is -2.50. The molecular weight excluding hydrogens is 234 g/mol. The van der Waals surface area contributed by atoms with Crippen LogP contribution in [0.25, 0.3) is 5.69 Å². The summed E-state index contributed by atoms with van der Waals surface area (Å²) < 4.78 is 1.57. The third-order valence-electron chi connectivity index (χ3n) is 2.44. The Labute approximate surface area is 103 Å². The number of Topliss-reactive ketones (excluding diaryl/α,β-unsaturated/α-hetero) is 1. The molecule has 2 aromatic rings. The van der Waals surface area contributed by atoms with E-state index < -0.39 is 5.97 Å². The number of ketones is 1. The van der Waals surface area contributed by atoms with Crippen LogP contribution in [0.5, 0.6) is 0 Å². The van der Waals surface area contributed by atoms with Crippen molar-refractivity contribution in [2.45, 2.75) is 12.8 Å². The Bertz CT molecular complexity index is 546. The van der Waals surface area contributed by atoms with Gasteiger partial charge in [0.1, 0.15) is 12.7 Å². The first kappa shape index (κ1) is 12.0. The second kappa shape index (κ2) is 5.22. The lowest BCUT2D eigenvalue weighted by Gasteiger charge is -2.02. The van der Waals surface area contributed by atoms with E-state index in [2.05, 4.69) is 10.1 Å². The summed E-state index contributed by atoms with van der Waals surface area (Å²) >= 11 is 0. The average Bonchev–Trinajstić information content (AvgIpc) is 2.90. The molecule has 0 amide bonds. The van der Waals surface area contributed by atoms with Crippen molar-refractivity contribution >= 4 is 11.8 Å². The number of hydrogen-bond acceptors (Lipinski definition) is 4. The van der Waals surface area contributed by atoms with Crippen LogP contribution in [0, 0.1) is 0 Å². The van der Waals surface area contributed by atoms with Crippen LogP contribution in [-0.2, 0) is 4.79 Å². The summed E-state index contributed by atoms with van der Waals surface area (Å²) in [6.45, 7) is 0. The van der Waals surface area contributed by atoms with Crippen LogP contribution >= 0.6 is 0 Å². The SMILES string of the molecule is O=C(O)CCC(=O)c1ccc(-n2cncn2)cc1. The van der Waals surface area contributed by atoms with E-state index in [9.17, 15) is 9.59 Å². The lowest BCUT2D eigenvalue weighted by atomic mass is 10.1. The first-order chi connectivity index (χ1) is 8.66. The summed E-state index contributed by atoms with van der Waals surface area (Å²) in [5.41, 5.74) is 1.29. The van der Waals surface area contributed by atoms with E-state index in [0.29, 0.717) is 5.56 Å². The number of hydrogen-bond donors (Lipinski definition) is 1. The fraction of sp³-hybridized carbons (Fsp3) is 0.167. The molecule has 0 bridgehead atoms. The molecule has 6 nitrogen and oxygen atoms in total. The lowest BCUT2D eigenvalue weighted by molar-refractivity contribution is -0.136. The Morgan fingerprint density at radius 2 is 1.89 bits per heavy atom. The van der Waals surface area contributed by atoms with Crippen molar-refractivity contribution in [1.29, 1.82) is 0 Å². The van der Waals surface area contributed by atoms with E-state index in [1.165, 1.54) is 6.33 Å². The third kappa shape index (κ3) is 2.79. The van der Waals surface area contributed by atoms with Gasteiger partial charge in [0.05, 0.1) is 12.1 Å². The molecular formula is C12H11N3O3. The van der Waals surface area contributed by atoms with Crippen LogP contribution < -0.4 is 0 Å². The minimum Gasteiger partial charge on any atom is -0.481 e. The van der Waals surface area contributed by atoms with Gasteiger partial charge in [-0.1, -0.05) is 0 Å². The Balaban J connectivity index is 2.08. The maximum absolute atomic E-state index is 11.6. The highest BCUT2D eigenvalue weighted by atomic mass is 16.4. The van der Waals surface area contributed by atoms with Crippen LogP contribution in [0.3, 0.4) is 0 Å². The van der Waals surface area contributed by atoms with Crippen molar-refractivity contribution in [2.24, 2.45) is 0 Å². The Morgan fingerprint density at radius 3 is 2.44 bits per heavy atom. The fourth-order valence-corrected chi connectivity index (χ4v) is 1.51. The van der Waals surface area contributed by atoms with Crippen LogP contribution in [0.4, 0.5) is 0 Å². The molecule has 0 saturated heterocycles. The van der Waals surface area contributed by atoms with Gasteiger partial charge in [0, 0.05) is 12.0 Å². The van der Waals surface area contributed by atoms with Crippen molar-refractivity contribution in [1.82, 2.24) is 14.8 Å². The summed E-state index contributed by atoms with van der Waals surface area (Å²) in [4.78, 5) is 25.8. The average molecular weight is 245 g/mol. The molecule has 0 saturated carbocycles. The van der Waals surface area contributed by atoms with E-state index in [4.69, 9.17) is 5.11 Å². The second-order valence-electron chi connectivity index (χ2n) is 3.70. The van der Waals surface area contributed by atoms with Crippen molar-refractivity contribution < 1.29 is 14.7 Å². The summed E-state index contributed by atoms with van der Waals surface area (Å²) in [7, 11) is 0. The highest BCUT2D eigenvalue weighted by molar-refractivity contribution is 5.97. The molecule has 2 rings (SSSR count). The summed E-state index contributed by atoms with van der Waals surface area (Å²) in [6, 6.07) is 6.79. The zero-order valence-corrected chi connectivity index (χ0v) is 9.48. The number of rotatable bonds is 5. The number of carboxylic acids is 1. The normalized spacial score (nSPS) is 10.2. The van der Waals surface area contributed by atoms with Gasteiger partial charge in [-0.3, -0.25) is 9.59 Å². The third-order valence-corrected chi connectivity index (χ3v) is 2.44. The number of benzene rings is 1. The quantitative estimate of drug-likeness (QED) is 0.803. The molecule has 1 N–H and O–H groups in total. The number of carboxylic acid groups (broad SMARTS) is 1. The molecule has 18 heavy (non-hydrogen) atoms. The Morgan fingerprint density at radius 1 is 1.17 bits per heavy atom. The predicted octanol–water partition coefficient (Wildman–Crippen LogP) is 1.31. The van der Waals surface area contributed by atoms with Gasteiger partial charge in [0.25, 0.3) is 0 Å². The minimum atomic E-state index is -0.970. The van der Waals surface area contributed by atoms with E-state index >= 15 is 0 Å². The first-order valence-electron chi connectivity index (χ1n) is 5.37. The molecule has 0 aliphatic carbocycles. The molecule has 1 aromatic carbocycles. The molecule has 1 heterocycles. The maximum Gasteiger partial charge on any atom is 0.303 e. The molecule has 0 spiro atoms. The van der Waals surface area contributed by atoms with Crippen molar-refractivity contribution in [3.05, 3.63) is 42.5 Å². The lowest BCUT2D eigenvalue weighted by Crippen LogP contribution is -2.04. The van der Waals surface area contributed by atoms with E-state index in [-0.39, 0.29) is 18.6 Å². The molecule has 92 valence electrons. The Kier molecular flexibility index (Phi) is 3.47. The van der Waals surface area contributed by atoms with Gasteiger partial charge in [-0.15, -0.1) is 0 Å². The smallest absolute Gasteiger partial charge is 0.303 e. The second-order valence-corrected chi connectivity index (χ2v) is 3.70. The number of nitrogens with zero attached hydrogens (tertiary/aromatic N) is 3. The summed E-state index contributed by atoms with van der Waals surface area (Å²) in [5.74, 6) is -1.15. The van der Waals surface area contributed by atoms with Crippen molar-refractivity contribution in [3.8, 4) is 5.69 Å². The van der Waals surface area contributed by atoms with Gasteiger partial charge in [-0.2, -0.15) is 5.10 Å². The van der Waals surface area contributed by atoms with Gasteiger partial charge >= 0.3 is 5.97 Å². The standard InChI is InChI=1S/C12H11N3O3/c16-11(5-6-12(17)18)9-1-3-10(4-2-9)15-8-13-7-14-15/h1-4,7-8H,5-6H2,(H,17,18). The highest BCUT2D eigenvalue weighted by Crippen LogP contribution is 2.10. The summed E-state index contributed by atoms with van der Waals surface area (Å²) in [6.07, 6.45) is 2.84. The molecule has 1 aromatic heterocycles. The number of carbonyl (C=O) groups is 2. The molecule has 6 heteroatoms. The first-order valence-corrected chi connectivity index (χ1v) is 5.37. The van der Waals surface area contributed by atoms with Crippen molar-refractivity contribution in [3.63, 3.8) is 0 Å². The topological polar surface area (TPSA) is 85.1 Å². The van der Waals surface area contributed by atoms with Crippen LogP contribution in [-0.4, -0.2) is 31.6 Å². The minimum absolute atomic E-state index is 0.0119. The molecule has 0 radical (unpaired) electrons. The summed E-state index contributed by atoms with van der Waals surface area (Å²) in [5, 5.41) is 12.5. The zero-order chi connectivity index (χ0) is 13.0. The highest BCUT2D eigenvalue weighted by Gasteiger charge is 2.08. The number of aromatic nitrogens is 3. The zero-order valence-electron chi connectivity index (χ0n) is 9.48. The molecule has 0 atom stereocenters. The number of carbonyl (C=O) groups excluding carboxylic acids is 1. The van der Waals surface area contributed by atoms with Gasteiger partial charge in [0.15, 0.2) is 5.78 Å². The van der Waals surface area contributed by atoms with Gasteiger partial charge in [-0.25, -0.2) is 9.67 Å². The van der Waals surface area contributed by atoms with Crippen LogP contribution in [0.2, 0.25) is 0 Å². The monoisotopic (exact) mass is 245 g/mol. The van der Waals surface area contributed by atoms with Crippen LogP contribution in [0.15, 0.2) is 36.9 Å². The number of aliphatic carboxylic acids is 1. The van der Waals surface area contributed by atoms with Crippen molar-refractivity contribution in [2.75, 3.05) is 0 Å². The largest absolute Gasteiger partial charge is 0.481 e. The van der Waals surface area contributed by atoms with Gasteiger partial charge in [-0.05, 0) is 24.3 Å². The van der Waals surface area contributed by atoms with Crippen LogP contribution in [0.1, 0.15) is 23.2 Å². The fourth-order valence-electron chi connectivity index (χ4n) is 1.51. The molecule has 0 unspecified atom stereocenters. The van der Waals surface area contributed by atoms with E-state index in [1.807, 2.05) is 0 Å².